The molecule has 0 amide bonds. The lowest BCUT2D eigenvalue weighted by molar-refractivity contribution is 0.340. The molecule has 0 aliphatic heterocycles. The summed E-state index contributed by atoms with van der Waals surface area (Å²) in [7, 11) is -3.33. The van der Waals surface area contributed by atoms with E-state index < -0.39 is 10.0 Å². The van der Waals surface area contributed by atoms with Gasteiger partial charge in [-0.2, -0.15) is 5.26 Å². The zero-order valence-electron chi connectivity index (χ0n) is 15.5. The number of aryl methyl sites for hydroxylation is 1. The third-order valence-electron chi connectivity index (χ3n) is 4.24. The quantitative estimate of drug-likeness (QED) is 0.698. The van der Waals surface area contributed by atoms with E-state index in [0.717, 1.165) is 34.2 Å². The first kappa shape index (κ1) is 18.8. The molecule has 0 atom stereocenters. The Morgan fingerprint density at radius 2 is 1.85 bits per heavy atom. The van der Waals surface area contributed by atoms with E-state index in [2.05, 4.69) is 15.4 Å². The van der Waals surface area contributed by atoms with Gasteiger partial charge in [-0.15, -0.1) is 0 Å². The van der Waals surface area contributed by atoms with E-state index in [1.807, 2.05) is 44.2 Å². The fraction of sp³-hybridized carbons (Fsp3) is 0.250. The number of nitriles is 1. The molecule has 140 valence electrons. The molecule has 0 radical (unpaired) electrons. The van der Waals surface area contributed by atoms with E-state index >= 15 is 0 Å². The summed E-state index contributed by atoms with van der Waals surface area (Å²) in [5.41, 5.74) is 3.68. The zero-order valence-corrected chi connectivity index (χ0v) is 16.3. The van der Waals surface area contributed by atoms with Crippen LogP contribution in [0.1, 0.15) is 19.4 Å². The summed E-state index contributed by atoms with van der Waals surface area (Å²) < 4.78 is 32.9. The second-order valence-corrected chi connectivity index (χ2v) is 7.89. The summed E-state index contributed by atoms with van der Waals surface area (Å²) >= 11 is 0. The first-order valence-corrected chi connectivity index (χ1v) is 10.5. The molecule has 0 fully saturated rings. The van der Waals surface area contributed by atoms with Crippen LogP contribution in [0.3, 0.4) is 0 Å². The lowest BCUT2D eigenvalue weighted by atomic mass is 10.1. The average molecular weight is 383 g/mol. The highest BCUT2D eigenvalue weighted by atomic mass is 32.2. The van der Waals surface area contributed by atoms with Crippen LogP contribution in [0.15, 0.2) is 42.5 Å². The highest BCUT2D eigenvalue weighted by molar-refractivity contribution is 7.92. The van der Waals surface area contributed by atoms with Crippen LogP contribution in [0, 0.1) is 11.3 Å². The van der Waals surface area contributed by atoms with E-state index in [1.165, 1.54) is 0 Å². The lowest BCUT2D eigenvalue weighted by Gasteiger charge is -2.10. The van der Waals surface area contributed by atoms with Gasteiger partial charge in [0.15, 0.2) is 0 Å². The summed E-state index contributed by atoms with van der Waals surface area (Å²) in [6.45, 7) is 5.22. The smallest absolute Gasteiger partial charge is 0.229 e. The Labute approximate surface area is 159 Å². The number of nitrogens with zero attached hydrogens (tertiary/aromatic N) is 2. The van der Waals surface area contributed by atoms with E-state index in [-0.39, 0.29) is 0 Å². The van der Waals surface area contributed by atoms with Crippen molar-refractivity contribution in [2.75, 3.05) is 17.6 Å². The van der Waals surface area contributed by atoms with Gasteiger partial charge in [0, 0.05) is 23.7 Å². The van der Waals surface area contributed by atoms with Crippen molar-refractivity contribution in [2.45, 2.75) is 20.4 Å². The average Bonchev–Trinajstić information content (AvgIpc) is 2.94. The molecule has 3 rings (SSSR count). The number of benzene rings is 2. The van der Waals surface area contributed by atoms with Gasteiger partial charge in [0.25, 0.3) is 0 Å². The van der Waals surface area contributed by atoms with Crippen LogP contribution in [0.2, 0.25) is 0 Å². The Morgan fingerprint density at radius 3 is 2.41 bits per heavy atom. The van der Waals surface area contributed by atoms with Crippen LogP contribution in [-0.4, -0.2) is 25.8 Å². The van der Waals surface area contributed by atoms with Crippen molar-refractivity contribution in [3.8, 4) is 23.1 Å². The van der Waals surface area contributed by atoms with Crippen LogP contribution in [0.5, 0.6) is 5.75 Å². The molecule has 0 unspecified atom stereocenters. The van der Waals surface area contributed by atoms with E-state index in [9.17, 15) is 13.7 Å². The first-order chi connectivity index (χ1) is 12.9. The monoisotopic (exact) mass is 383 g/mol. The zero-order chi connectivity index (χ0) is 19.6. The molecule has 7 heteroatoms. The summed E-state index contributed by atoms with van der Waals surface area (Å²) in [5, 5.41) is 10.7. The molecule has 0 aliphatic rings. The predicted molar refractivity (Wildman–Crippen MR) is 107 cm³/mol. The predicted octanol–water partition coefficient (Wildman–Crippen LogP) is 3.97. The van der Waals surface area contributed by atoms with Gasteiger partial charge in [0.2, 0.25) is 10.0 Å². The first-order valence-electron chi connectivity index (χ1n) is 8.65. The Bertz CT molecular complexity index is 1120. The van der Waals surface area contributed by atoms with Crippen molar-refractivity contribution in [1.82, 2.24) is 4.57 Å². The molecule has 1 heterocycles. The number of fused-ring (bicyclic) bond motifs is 1. The Hall–Kier alpha value is -2.98. The molecule has 6 nitrogen and oxygen atoms in total. The molecular weight excluding hydrogens is 362 g/mol. The molecule has 1 aromatic heterocycles. The Morgan fingerprint density at radius 1 is 1.15 bits per heavy atom. The van der Waals surface area contributed by atoms with Gasteiger partial charge in [-0.1, -0.05) is 12.1 Å². The number of ether oxygens (including phenoxy) is 1. The summed E-state index contributed by atoms with van der Waals surface area (Å²) in [6, 6.07) is 15.1. The van der Waals surface area contributed by atoms with Gasteiger partial charge in [-0.3, -0.25) is 4.72 Å². The number of rotatable bonds is 6. The SMILES string of the molecule is CCOc1ccc2c(C#N)c(-c3ccc(NS(C)(=O)=O)cc3)n(CC)c2c1. The van der Waals surface area contributed by atoms with Crippen LogP contribution in [0.25, 0.3) is 22.2 Å². The maximum Gasteiger partial charge on any atom is 0.229 e. The third-order valence-corrected chi connectivity index (χ3v) is 4.84. The minimum atomic E-state index is -3.33. The molecule has 0 saturated carbocycles. The van der Waals surface area contributed by atoms with Crippen LogP contribution >= 0.6 is 0 Å². The van der Waals surface area contributed by atoms with Crippen molar-refractivity contribution in [3.63, 3.8) is 0 Å². The molecule has 27 heavy (non-hydrogen) atoms. The van der Waals surface area contributed by atoms with Gasteiger partial charge in [0.05, 0.1) is 29.6 Å². The Balaban J connectivity index is 2.17. The lowest BCUT2D eigenvalue weighted by Crippen LogP contribution is -2.09. The highest BCUT2D eigenvalue weighted by Gasteiger charge is 2.18. The van der Waals surface area contributed by atoms with E-state index in [1.54, 1.807) is 12.1 Å². The van der Waals surface area contributed by atoms with Gasteiger partial charge < -0.3 is 9.30 Å². The molecule has 0 saturated heterocycles. The summed E-state index contributed by atoms with van der Waals surface area (Å²) in [6.07, 6.45) is 1.11. The fourth-order valence-electron chi connectivity index (χ4n) is 3.24. The van der Waals surface area contributed by atoms with Crippen molar-refractivity contribution >= 4 is 26.6 Å². The van der Waals surface area contributed by atoms with Crippen molar-refractivity contribution in [2.24, 2.45) is 0 Å². The molecule has 0 spiro atoms. The van der Waals surface area contributed by atoms with Crippen LogP contribution in [0.4, 0.5) is 5.69 Å². The highest BCUT2D eigenvalue weighted by Crippen LogP contribution is 2.35. The molecule has 0 bridgehead atoms. The third kappa shape index (κ3) is 3.76. The minimum Gasteiger partial charge on any atom is -0.494 e. The topological polar surface area (TPSA) is 84.1 Å². The maximum atomic E-state index is 11.4. The number of hydrogen-bond acceptors (Lipinski definition) is 4. The van der Waals surface area contributed by atoms with Gasteiger partial charge in [-0.25, -0.2) is 8.42 Å². The van der Waals surface area contributed by atoms with E-state index in [4.69, 9.17) is 4.74 Å². The number of nitrogens with one attached hydrogen (secondary N) is 1. The normalized spacial score (nSPS) is 11.3. The Kier molecular flexibility index (Phi) is 5.10. The number of hydrogen-bond donors (Lipinski definition) is 1. The largest absolute Gasteiger partial charge is 0.494 e. The summed E-state index contributed by atoms with van der Waals surface area (Å²) in [4.78, 5) is 0. The van der Waals surface area contributed by atoms with Crippen molar-refractivity contribution in [3.05, 3.63) is 48.0 Å². The molecule has 1 N–H and O–H groups in total. The second-order valence-electron chi connectivity index (χ2n) is 6.14. The number of aromatic nitrogens is 1. The van der Waals surface area contributed by atoms with Gasteiger partial charge >= 0.3 is 0 Å². The minimum absolute atomic E-state index is 0.484. The maximum absolute atomic E-state index is 11.4. The molecule has 2 aromatic carbocycles. The van der Waals surface area contributed by atoms with Crippen LogP contribution in [-0.2, 0) is 16.6 Å². The van der Waals surface area contributed by atoms with Crippen molar-refractivity contribution < 1.29 is 13.2 Å². The van der Waals surface area contributed by atoms with Crippen molar-refractivity contribution in [1.29, 1.82) is 5.26 Å². The van der Waals surface area contributed by atoms with Crippen LogP contribution < -0.4 is 9.46 Å². The van der Waals surface area contributed by atoms with Gasteiger partial charge in [0.1, 0.15) is 11.8 Å². The second kappa shape index (κ2) is 7.33. The molecular formula is C20H21N3O3S. The number of sulfonamides is 1. The fourth-order valence-corrected chi connectivity index (χ4v) is 3.80. The van der Waals surface area contributed by atoms with E-state index in [0.29, 0.717) is 24.4 Å². The molecule has 3 aromatic rings. The standard InChI is InChI=1S/C20H21N3O3S/c1-4-23-19-12-16(26-5-2)10-11-17(19)18(13-21)20(23)14-6-8-15(9-7-14)22-27(3,24)25/h6-12,22H,4-5H2,1-3H3. The molecule has 0 aliphatic carbocycles. The summed E-state index contributed by atoms with van der Waals surface area (Å²) in [5.74, 6) is 0.765. The van der Waals surface area contributed by atoms with Gasteiger partial charge in [-0.05, 0) is 43.7 Å². The number of anilines is 1.